The van der Waals surface area contributed by atoms with Crippen LogP contribution in [0.15, 0.2) is 6.07 Å². The number of rotatable bonds is 0. The highest BCUT2D eigenvalue weighted by atomic mass is 14.7. The van der Waals surface area contributed by atoms with Crippen molar-refractivity contribution in [2.24, 2.45) is 5.92 Å². The van der Waals surface area contributed by atoms with Gasteiger partial charge in [-0.3, -0.25) is 4.98 Å². The zero-order valence-corrected chi connectivity index (χ0v) is 8.72. The van der Waals surface area contributed by atoms with Crippen LogP contribution in [0.5, 0.6) is 0 Å². The third-order valence-electron chi connectivity index (χ3n) is 2.99. The van der Waals surface area contributed by atoms with Gasteiger partial charge in [-0.1, -0.05) is 6.92 Å². The van der Waals surface area contributed by atoms with Crippen molar-refractivity contribution in [3.05, 3.63) is 28.6 Å². The lowest BCUT2D eigenvalue weighted by molar-refractivity contribution is 0.491. The van der Waals surface area contributed by atoms with E-state index in [1.807, 2.05) is 0 Å². The molecule has 1 aromatic heterocycles. The van der Waals surface area contributed by atoms with Crippen molar-refractivity contribution in [1.29, 1.82) is 0 Å². The lowest BCUT2D eigenvalue weighted by Gasteiger charge is -2.22. The number of aryl methyl sites for hydroxylation is 3. The van der Waals surface area contributed by atoms with E-state index in [0.29, 0.717) is 0 Å². The van der Waals surface area contributed by atoms with Crippen LogP contribution in [-0.2, 0) is 12.8 Å². The van der Waals surface area contributed by atoms with Crippen LogP contribution in [-0.4, -0.2) is 4.98 Å². The van der Waals surface area contributed by atoms with Crippen molar-refractivity contribution in [3.8, 4) is 0 Å². The predicted octanol–water partition coefficient (Wildman–Crippen LogP) is 2.82. The molecule has 1 aliphatic rings. The third-order valence-corrected chi connectivity index (χ3v) is 2.99. The molecule has 0 fully saturated rings. The van der Waals surface area contributed by atoms with Crippen molar-refractivity contribution in [2.75, 3.05) is 0 Å². The fraction of sp³-hybridized carbons (Fsp3) is 0.583. The molecule has 1 aliphatic carbocycles. The molecular weight excluding hydrogens is 158 g/mol. The first-order chi connectivity index (χ1) is 6.16. The highest BCUT2D eigenvalue weighted by Crippen LogP contribution is 2.26. The molecule has 1 heteroatoms. The number of nitrogens with zero attached hydrogens (tertiary/aromatic N) is 1. The summed E-state index contributed by atoms with van der Waals surface area (Å²) in [6, 6.07) is 2.21. The molecule has 1 atom stereocenters. The first kappa shape index (κ1) is 8.74. The summed E-state index contributed by atoms with van der Waals surface area (Å²) in [4.78, 5) is 4.61. The van der Waals surface area contributed by atoms with E-state index in [2.05, 4.69) is 31.8 Å². The zero-order chi connectivity index (χ0) is 9.42. The molecule has 0 aliphatic heterocycles. The van der Waals surface area contributed by atoms with E-state index in [1.165, 1.54) is 41.8 Å². The highest BCUT2D eigenvalue weighted by molar-refractivity contribution is 5.33. The van der Waals surface area contributed by atoms with Crippen LogP contribution in [0, 0.1) is 19.8 Å². The summed E-state index contributed by atoms with van der Waals surface area (Å²) >= 11 is 0. The number of fused-ring (bicyclic) bond motifs is 1. The van der Waals surface area contributed by atoms with Crippen LogP contribution in [0.3, 0.4) is 0 Å². The Morgan fingerprint density at radius 2 is 2.15 bits per heavy atom. The van der Waals surface area contributed by atoms with E-state index in [4.69, 9.17) is 0 Å². The molecule has 13 heavy (non-hydrogen) atoms. The summed E-state index contributed by atoms with van der Waals surface area (Å²) < 4.78 is 0. The predicted molar refractivity (Wildman–Crippen MR) is 54.9 cm³/mol. The SMILES string of the molecule is Cc1cc(C)c2c(n1)CCC(C)C2. The second kappa shape index (κ2) is 3.13. The molecule has 1 nitrogen and oxygen atoms in total. The fourth-order valence-corrected chi connectivity index (χ4v) is 2.26. The first-order valence-electron chi connectivity index (χ1n) is 5.13. The Morgan fingerprint density at radius 3 is 2.92 bits per heavy atom. The summed E-state index contributed by atoms with van der Waals surface area (Å²) in [5, 5.41) is 0. The average Bonchev–Trinajstić information content (AvgIpc) is 2.06. The number of hydrogen-bond donors (Lipinski definition) is 0. The van der Waals surface area contributed by atoms with E-state index >= 15 is 0 Å². The van der Waals surface area contributed by atoms with Gasteiger partial charge in [0.25, 0.3) is 0 Å². The lowest BCUT2D eigenvalue weighted by Crippen LogP contribution is -2.14. The standard InChI is InChI=1S/C12H17N/c1-8-4-5-12-11(6-8)9(2)7-10(3)13-12/h7-8H,4-6H2,1-3H3. The Labute approximate surface area is 80.2 Å². The second-order valence-corrected chi connectivity index (χ2v) is 4.35. The van der Waals surface area contributed by atoms with Crippen LogP contribution in [0.25, 0.3) is 0 Å². The zero-order valence-electron chi connectivity index (χ0n) is 8.72. The van der Waals surface area contributed by atoms with Crippen LogP contribution >= 0.6 is 0 Å². The number of pyridine rings is 1. The maximum atomic E-state index is 4.61. The van der Waals surface area contributed by atoms with Crippen LogP contribution < -0.4 is 0 Å². The van der Waals surface area contributed by atoms with E-state index in [1.54, 1.807) is 0 Å². The van der Waals surface area contributed by atoms with Crippen LogP contribution in [0.2, 0.25) is 0 Å². The molecule has 0 saturated heterocycles. The minimum absolute atomic E-state index is 0.843. The normalized spacial score (nSPS) is 21.3. The summed E-state index contributed by atoms with van der Waals surface area (Å²) in [6.07, 6.45) is 3.72. The van der Waals surface area contributed by atoms with Gasteiger partial charge in [0.05, 0.1) is 0 Å². The smallest absolute Gasteiger partial charge is 0.0441 e. The van der Waals surface area contributed by atoms with E-state index in [-0.39, 0.29) is 0 Å². The molecule has 0 radical (unpaired) electrons. The summed E-state index contributed by atoms with van der Waals surface area (Å²) in [5.74, 6) is 0.843. The average molecular weight is 175 g/mol. The van der Waals surface area contributed by atoms with Gasteiger partial charge >= 0.3 is 0 Å². The molecule has 0 aromatic carbocycles. The van der Waals surface area contributed by atoms with Crippen molar-refractivity contribution in [2.45, 2.75) is 40.0 Å². The Kier molecular flexibility index (Phi) is 2.10. The van der Waals surface area contributed by atoms with Crippen molar-refractivity contribution >= 4 is 0 Å². The largest absolute Gasteiger partial charge is 0.258 e. The fourth-order valence-electron chi connectivity index (χ4n) is 2.26. The van der Waals surface area contributed by atoms with Gasteiger partial charge in [0.1, 0.15) is 0 Å². The minimum Gasteiger partial charge on any atom is -0.258 e. The van der Waals surface area contributed by atoms with Gasteiger partial charge in [0.15, 0.2) is 0 Å². The van der Waals surface area contributed by atoms with Crippen LogP contribution in [0.4, 0.5) is 0 Å². The van der Waals surface area contributed by atoms with Gasteiger partial charge in [-0.15, -0.1) is 0 Å². The Hall–Kier alpha value is -0.850. The van der Waals surface area contributed by atoms with E-state index in [0.717, 1.165) is 5.92 Å². The van der Waals surface area contributed by atoms with E-state index < -0.39 is 0 Å². The van der Waals surface area contributed by atoms with Crippen molar-refractivity contribution in [3.63, 3.8) is 0 Å². The van der Waals surface area contributed by atoms with E-state index in [9.17, 15) is 0 Å². The Morgan fingerprint density at radius 1 is 1.38 bits per heavy atom. The second-order valence-electron chi connectivity index (χ2n) is 4.35. The summed E-state index contributed by atoms with van der Waals surface area (Å²) in [6.45, 7) is 6.64. The summed E-state index contributed by atoms with van der Waals surface area (Å²) in [7, 11) is 0. The Balaban J connectivity index is 2.47. The molecule has 70 valence electrons. The molecule has 0 bridgehead atoms. The van der Waals surface area contributed by atoms with Gasteiger partial charge < -0.3 is 0 Å². The quantitative estimate of drug-likeness (QED) is 0.591. The summed E-state index contributed by atoms with van der Waals surface area (Å²) in [5.41, 5.74) is 5.49. The van der Waals surface area contributed by atoms with Gasteiger partial charge in [-0.25, -0.2) is 0 Å². The van der Waals surface area contributed by atoms with Gasteiger partial charge in [-0.05, 0) is 56.2 Å². The highest BCUT2D eigenvalue weighted by Gasteiger charge is 2.17. The molecule has 1 heterocycles. The molecular formula is C12H17N. The van der Waals surface area contributed by atoms with Crippen molar-refractivity contribution in [1.82, 2.24) is 4.98 Å². The van der Waals surface area contributed by atoms with Gasteiger partial charge in [-0.2, -0.15) is 0 Å². The number of aromatic nitrogens is 1. The van der Waals surface area contributed by atoms with Gasteiger partial charge in [0.2, 0.25) is 0 Å². The lowest BCUT2D eigenvalue weighted by atomic mass is 9.85. The topological polar surface area (TPSA) is 12.9 Å². The Bertz CT molecular complexity index is 328. The maximum Gasteiger partial charge on any atom is 0.0441 e. The number of hydrogen-bond acceptors (Lipinski definition) is 1. The molecule has 2 rings (SSSR count). The molecule has 0 N–H and O–H groups in total. The third kappa shape index (κ3) is 1.60. The van der Waals surface area contributed by atoms with Crippen LogP contribution in [0.1, 0.15) is 35.9 Å². The van der Waals surface area contributed by atoms with Crippen molar-refractivity contribution < 1.29 is 0 Å². The maximum absolute atomic E-state index is 4.61. The van der Waals surface area contributed by atoms with Gasteiger partial charge in [0, 0.05) is 11.4 Å². The minimum atomic E-state index is 0.843. The molecule has 0 spiro atoms. The molecule has 1 aromatic rings. The molecule has 0 amide bonds. The first-order valence-corrected chi connectivity index (χ1v) is 5.13. The molecule has 0 saturated carbocycles. The monoisotopic (exact) mass is 175 g/mol. The molecule has 1 unspecified atom stereocenters.